The van der Waals surface area contributed by atoms with Crippen molar-refractivity contribution in [3.05, 3.63) is 0 Å². The normalized spacial score (nSPS) is 21.8. The zero-order chi connectivity index (χ0) is 26.0. The number of quaternary nitrogens is 2. The largest absolute Gasteiger partial charge is 1.00 e. The lowest BCUT2D eigenvalue weighted by molar-refractivity contribution is -1.07. The summed E-state index contributed by atoms with van der Waals surface area (Å²) in [7, 11) is 0. The molecule has 0 unspecified atom stereocenters. The minimum Gasteiger partial charge on any atom is -1.00 e. The van der Waals surface area contributed by atoms with Crippen LogP contribution in [-0.2, 0) is 19.1 Å². The summed E-state index contributed by atoms with van der Waals surface area (Å²) in [5.41, 5.74) is 0. The van der Waals surface area contributed by atoms with E-state index in [1.165, 1.54) is 77.0 Å². The molecule has 0 amide bonds. The Labute approximate surface area is 246 Å². The number of unbranched alkanes of at least 4 members (excludes halogenated alkanes) is 14. The monoisotopic (exact) mass is 580 g/mol. The molecular weight excluding hydrogens is 523 g/mol. The van der Waals surface area contributed by atoms with Gasteiger partial charge < -0.3 is 43.3 Å². The second-order valence-electron chi connectivity index (χ2n) is 11.7. The van der Waals surface area contributed by atoms with Crippen molar-refractivity contribution in [2.45, 2.75) is 117 Å². The molecule has 0 aromatic rings. The Balaban J connectivity index is 0.00000684. The van der Waals surface area contributed by atoms with E-state index in [4.69, 9.17) is 9.47 Å². The standard InChI is InChI=1S/C30H58N2O4.2ClH/c1-3-5-7-9-11-13-15-17-25-35-29(33)27-31-19-22-32(23-20-31,24-21-31)28-30(34)36-26-18-16-14-12-10-8-6-4-2;;/h3-28H2,1-2H3;2*1H/q+2;;/p-2. The smallest absolute Gasteiger partial charge is 0.361 e. The van der Waals surface area contributed by atoms with Gasteiger partial charge in [0.05, 0.1) is 13.2 Å². The molecule has 0 aromatic carbocycles. The van der Waals surface area contributed by atoms with Gasteiger partial charge in [-0.25, -0.2) is 9.59 Å². The second kappa shape index (κ2) is 22.2. The van der Waals surface area contributed by atoms with E-state index in [-0.39, 0.29) is 36.8 Å². The number of hydrogen-bond donors (Lipinski definition) is 0. The van der Waals surface area contributed by atoms with Crippen molar-refractivity contribution in [2.24, 2.45) is 0 Å². The predicted molar refractivity (Wildman–Crippen MR) is 147 cm³/mol. The highest BCUT2D eigenvalue weighted by molar-refractivity contribution is 5.71. The van der Waals surface area contributed by atoms with Crippen LogP contribution >= 0.6 is 0 Å². The molecule has 0 aromatic heterocycles. The van der Waals surface area contributed by atoms with Crippen LogP contribution in [0, 0.1) is 0 Å². The van der Waals surface area contributed by atoms with Crippen LogP contribution in [0.4, 0.5) is 0 Å². The molecule has 226 valence electrons. The third-order valence-corrected chi connectivity index (χ3v) is 8.60. The van der Waals surface area contributed by atoms with Gasteiger partial charge in [-0.05, 0) is 12.8 Å². The summed E-state index contributed by atoms with van der Waals surface area (Å²) < 4.78 is 12.9. The molecular formula is C30H58Cl2N2O4. The lowest BCUT2D eigenvalue weighted by Gasteiger charge is -2.54. The molecule has 3 aliphatic heterocycles. The van der Waals surface area contributed by atoms with Crippen LogP contribution in [-0.4, -0.2) is 86.5 Å². The second-order valence-corrected chi connectivity index (χ2v) is 11.7. The van der Waals surface area contributed by atoms with Crippen LogP contribution in [0.1, 0.15) is 117 Å². The highest BCUT2D eigenvalue weighted by Gasteiger charge is 2.51. The van der Waals surface area contributed by atoms with Crippen molar-refractivity contribution in [2.75, 3.05) is 65.6 Å². The molecule has 0 saturated carbocycles. The van der Waals surface area contributed by atoms with E-state index in [1.54, 1.807) is 0 Å². The van der Waals surface area contributed by atoms with E-state index >= 15 is 0 Å². The van der Waals surface area contributed by atoms with Crippen molar-refractivity contribution >= 4 is 11.9 Å². The SMILES string of the molecule is CCCCCCCCCCOC(=O)C[N+]12CC[N+](CC(=O)OCCCCCCCCCC)(CC1)CC2.[Cl-].[Cl-]. The maximum absolute atomic E-state index is 12.5. The van der Waals surface area contributed by atoms with Crippen LogP contribution in [0.3, 0.4) is 0 Å². The van der Waals surface area contributed by atoms with E-state index < -0.39 is 0 Å². The third kappa shape index (κ3) is 15.3. The molecule has 3 saturated heterocycles. The quantitative estimate of drug-likeness (QED) is 0.103. The molecule has 3 rings (SSSR count). The number of hydrogen-bond acceptors (Lipinski definition) is 4. The maximum Gasteiger partial charge on any atom is 0.361 e. The van der Waals surface area contributed by atoms with Gasteiger partial charge in [-0.2, -0.15) is 0 Å². The first-order chi connectivity index (χ1) is 17.5. The number of fused-ring (bicyclic) bond motifs is 3. The summed E-state index contributed by atoms with van der Waals surface area (Å²) in [6.45, 7) is 12.5. The summed E-state index contributed by atoms with van der Waals surface area (Å²) in [5, 5.41) is 0. The number of carbonyl (C=O) groups is 2. The minimum atomic E-state index is -0.0374. The Morgan fingerprint density at radius 3 is 1.03 bits per heavy atom. The molecule has 6 nitrogen and oxygen atoms in total. The number of esters is 2. The lowest BCUT2D eigenvalue weighted by atomic mass is 10.1. The van der Waals surface area contributed by atoms with Gasteiger partial charge in [0.15, 0.2) is 13.1 Å². The molecule has 0 radical (unpaired) electrons. The molecule has 0 N–H and O–H groups in total. The molecule has 38 heavy (non-hydrogen) atoms. The highest BCUT2D eigenvalue weighted by atomic mass is 35.5. The van der Waals surface area contributed by atoms with Crippen molar-refractivity contribution < 1.29 is 52.8 Å². The van der Waals surface area contributed by atoms with Gasteiger partial charge in [-0.3, -0.25) is 0 Å². The Hall–Kier alpha value is -0.560. The van der Waals surface area contributed by atoms with E-state index in [9.17, 15) is 9.59 Å². The van der Waals surface area contributed by atoms with Gasteiger partial charge in [0.25, 0.3) is 0 Å². The molecule has 8 heteroatoms. The Kier molecular flexibility index (Phi) is 21.8. The molecule has 3 heterocycles. The summed E-state index contributed by atoms with van der Waals surface area (Å²) in [6.07, 6.45) is 20.1. The first-order valence-corrected chi connectivity index (χ1v) is 15.5. The summed E-state index contributed by atoms with van der Waals surface area (Å²) in [4.78, 5) is 25.0. The summed E-state index contributed by atoms with van der Waals surface area (Å²) >= 11 is 0. The van der Waals surface area contributed by atoms with Crippen molar-refractivity contribution in [3.8, 4) is 0 Å². The number of piperazine rings is 3. The van der Waals surface area contributed by atoms with Crippen molar-refractivity contribution in [1.82, 2.24) is 0 Å². The van der Waals surface area contributed by atoms with Gasteiger partial charge in [-0.1, -0.05) is 104 Å². The average Bonchev–Trinajstić information content (AvgIpc) is 2.88. The van der Waals surface area contributed by atoms with Crippen LogP contribution in [0.25, 0.3) is 0 Å². The van der Waals surface area contributed by atoms with E-state index in [2.05, 4.69) is 13.8 Å². The molecule has 0 atom stereocenters. The minimum absolute atomic E-state index is 0. The van der Waals surface area contributed by atoms with Crippen molar-refractivity contribution in [3.63, 3.8) is 0 Å². The number of halogens is 2. The topological polar surface area (TPSA) is 52.6 Å². The number of ether oxygens (including phenoxy) is 2. The van der Waals surface area contributed by atoms with Crippen LogP contribution in [0.2, 0.25) is 0 Å². The average molecular weight is 582 g/mol. The summed E-state index contributed by atoms with van der Waals surface area (Å²) in [6, 6.07) is 0. The fraction of sp³-hybridized carbons (Fsp3) is 0.933. The zero-order valence-corrected chi connectivity index (χ0v) is 26.2. The number of nitrogens with zero attached hydrogens (tertiary/aromatic N) is 2. The van der Waals surface area contributed by atoms with Gasteiger partial charge in [-0.15, -0.1) is 0 Å². The molecule has 0 spiro atoms. The number of carbonyl (C=O) groups excluding carboxylic acids is 2. The highest BCUT2D eigenvalue weighted by Crippen LogP contribution is 2.26. The van der Waals surface area contributed by atoms with Crippen LogP contribution in [0.5, 0.6) is 0 Å². The first-order valence-electron chi connectivity index (χ1n) is 15.5. The molecule has 3 aliphatic rings. The Morgan fingerprint density at radius 1 is 0.474 bits per heavy atom. The Bertz CT molecular complexity index is 545. The van der Waals surface area contributed by atoms with E-state index in [0.717, 1.165) is 73.9 Å². The van der Waals surface area contributed by atoms with Crippen LogP contribution < -0.4 is 24.8 Å². The predicted octanol–water partition coefficient (Wildman–Crippen LogP) is 0.0230. The molecule has 0 aliphatic carbocycles. The Morgan fingerprint density at radius 2 is 0.737 bits per heavy atom. The third-order valence-electron chi connectivity index (χ3n) is 8.60. The van der Waals surface area contributed by atoms with E-state index in [1.807, 2.05) is 0 Å². The first kappa shape index (κ1) is 37.4. The van der Waals surface area contributed by atoms with Crippen molar-refractivity contribution in [1.29, 1.82) is 0 Å². The van der Waals surface area contributed by atoms with Gasteiger partial charge in [0.1, 0.15) is 39.3 Å². The molecule has 3 fully saturated rings. The summed E-state index contributed by atoms with van der Waals surface area (Å²) in [5.74, 6) is -0.0748. The van der Waals surface area contributed by atoms with Crippen LogP contribution in [0.15, 0.2) is 0 Å². The fourth-order valence-corrected chi connectivity index (χ4v) is 5.90. The molecule has 2 bridgehead atoms. The van der Waals surface area contributed by atoms with Gasteiger partial charge in [0.2, 0.25) is 0 Å². The fourth-order valence-electron chi connectivity index (χ4n) is 5.90. The van der Waals surface area contributed by atoms with Gasteiger partial charge in [0, 0.05) is 0 Å². The van der Waals surface area contributed by atoms with Gasteiger partial charge >= 0.3 is 11.9 Å². The zero-order valence-electron chi connectivity index (χ0n) is 24.7. The van der Waals surface area contributed by atoms with E-state index in [0.29, 0.717) is 26.3 Å². The maximum atomic E-state index is 12.5. The number of rotatable bonds is 22. The lowest BCUT2D eigenvalue weighted by Crippen LogP contribution is -3.00.